The number of fused-ring (bicyclic) bond motifs is 1. The maximum Gasteiger partial charge on any atom is 0.153 e. The van der Waals surface area contributed by atoms with Gasteiger partial charge in [0.15, 0.2) is 5.82 Å². The number of pyridine rings is 1. The summed E-state index contributed by atoms with van der Waals surface area (Å²) in [5.41, 5.74) is 3.59. The average Bonchev–Trinajstić information content (AvgIpc) is 2.93. The van der Waals surface area contributed by atoms with Crippen molar-refractivity contribution in [1.29, 1.82) is 0 Å². The van der Waals surface area contributed by atoms with E-state index in [9.17, 15) is 4.39 Å². The number of aryl methyl sites for hydroxylation is 1. The van der Waals surface area contributed by atoms with Gasteiger partial charge in [-0.3, -0.25) is 0 Å². The van der Waals surface area contributed by atoms with Gasteiger partial charge >= 0.3 is 0 Å². The molecule has 0 amide bonds. The van der Waals surface area contributed by atoms with Crippen LogP contribution in [0.25, 0.3) is 11.1 Å². The van der Waals surface area contributed by atoms with Crippen LogP contribution in [-0.2, 0) is 6.54 Å². The van der Waals surface area contributed by atoms with E-state index in [0.717, 1.165) is 35.1 Å². The van der Waals surface area contributed by atoms with Crippen LogP contribution in [0.4, 0.5) is 15.9 Å². The zero-order valence-electron chi connectivity index (χ0n) is 14.1. The zero-order valence-corrected chi connectivity index (χ0v) is 14.1. The molecule has 0 radical (unpaired) electrons. The van der Waals surface area contributed by atoms with Crippen molar-refractivity contribution < 1.29 is 4.39 Å². The monoisotopic (exact) mass is 335 g/mol. The topological polar surface area (TPSA) is 45.2 Å². The number of anilines is 2. The minimum absolute atomic E-state index is 0.194. The Morgan fingerprint density at radius 1 is 1.08 bits per heavy atom. The highest BCUT2D eigenvalue weighted by atomic mass is 19.1. The normalized spacial score (nSPS) is 13.2. The Balaban J connectivity index is 1.70. The Morgan fingerprint density at radius 2 is 1.88 bits per heavy atom. The molecule has 6 heteroatoms. The summed E-state index contributed by atoms with van der Waals surface area (Å²) in [7, 11) is 2.01. The molecule has 0 saturated carbocycles. The average molecular weight is 335 g/mol. The second kappa shape index (κ2) is 6.12. The van der Waals surface area contributed by atoms with Gasteiger partial charge in [-0.15, -0.1) is 0 Å². The summed E-state index contributed by atoms with van der Waals surface area (Å²) in [6, 6.07) is 9.04. The van der Waals surface area contributed by atoms with E-state index >= 15 is 0 Å². The van der Waals surface area contributed by atoms with Gasteiger partial charge < -0.3 is 9.80 Å². The molecule has 0 fully saturated rings. The quantitative estimate of drug-likeness (QED) is 0.734. The third-order valence-corrected chi connectivity index (χ3v) is 4.38. The van der Waals surface area contributed by atoms with Crippen LogP contribution >= 0.6 is 0 Å². The Labute approximate surface area is 145 Å². The van der Waals surface area contributed by atoms with Crippen LogP contribution in [0.1, 0.15) is 11.4 Å². The van der Waals surface area contributed by atoms with Gasteiger partial charge in [-0.1, -0.05) is 6.07 Å². The molecule has 25 heavy (non-hydrogen) atoms. The predicted octanol–water partition coefficient (Wildman–Crippen LogP) is 3.40. The largest absolute Gasteiger partial charge is 0.343 e. The number of hydrogen-bond donors (Lipinski definition) is 0. The van der Waals surface area contributed by atoms with Gasteiger partial charge in [0.05, 0.1) is 18.9 Å². The first-order valence-electron chi connectivity index (χ1n) is 8.10. The molecule has 0 saturated heterocycles. The summed E-state index contributed by atoms with van der Waals surface area (Å²) >= 11 is 0. The zero-order chi connectivity index (χ0) is 17.4. The number of hydrogen-bond acceptors (Lipinski definition) is 5. The standard InChI is InChI=1S/C19H18FN5/c1-13-8-14(4-5-16(13)20)15-9-17-19(23-10-15)24(2)12-25(17)11-18-21-6-3-7-22-18/h3-10H,11-12H2,1-2H3. The highest BCUT2D eigenvalue weighted by molar-refractivity contribution is 5.78. The molecule has 0 N–H and O–H groups in total. The van der Waals surface area contributed by atoms with Gasteiger partial charge in [0.2, 0.25) is 0 Å². The molecule has 0 unspecified atom stereocenters. The van der Waals surface area contributed by atoms with E-state index in [1.807, 2.05) is 25.4 Å². The second-order valence-electron chi connectivity index (χ2n) is 6.23. The Kier molecular flexibility index (Phi) is 3.80. The van der Waals surface area contributed by atoms with E-state index in [0.29, 0.717) is 12.1 Å². The Morgan fingerprint density at radius 3 is 2.64 bits per heavy atom. The first-order chi connectivity index (χ1) is 12.1. The van der Waals surface area contributed by atoms with Gasteiger partial charge in [-0.05, 0) is 42.3 Å². The summed E-state index contributed by atoms with van der Waals surface area (Å²) in [5.74, 6) is 1.51. The summed E-state index contributed by atoms with van der Waals surface area (Å²) < 4.78 is 13.5. The SMILES string of the molecule is Cc1cc(-c2cnc3c(c2)N(Cc2ncccn2)CN3C)ccc1F. The number of benzene rings is 1. The van der Waals surface area contributed by atoms with Crippen molar-refractivity contribution in [1.82, 2.24) is 15.0 Å². The van der Waals surface area contributed by atoms with Gasteiger partial charge in [0, 0.05) is 31.2 Å². The van der Waals surface area contributed by atoms with Crippen molar-refractivity contribution in [2.75, 3.05) is 23.5 Å². The van der Waals surface area contributed by atoms with Crippen molar-refractivity contribution >= 4 is 11.5 Å². The molecule has 4 rings (SSSR count). The van der Waals surface area contributed by atoms with Crippen LogP contribution < -0.4 is 9.80 Å². The first-order valence-corrected chi connectivity index (χ1v) is 8.10. The van der Waals surface area contributed by atoms with E-state index in [-0.39, 0.29) is 5.82 Å². The molecule has 0 atom stereocenters. The summed E-state index contributed by atoms with van der Waals surface area (Å²) in [4.78, 5) is 17.5. The molecule has 0 bridgehead atoms. The molecule has 3 heterocycles. The molecular weight excluding hydrogens is 317 g/mol. The highest BCUT2D eigenvalue weighted by Crippen LogP contribution is 2.37. The number of halogens is 1. The number of rotatable bonds is 3. The van der Waals surface area contributed by atoms with Crippen LogP contribution in [0.3, 0.4) is 0 Å². The van der Waals surface area contributed by atoms with Crippen LogP contribution in [0.5, 0.6) is 0 Å². The Bertz CT molecular complexity index is 913. The van der Waals surface area contributed by atoms with Crippen molar-refractivity contribution in [3.8, 4) is 11.1 Å². The van der Waals surface area contributed by atoms with Gasteiger partial charge in [0.25, 0.3) is 0 Å². The molecule has 0 aliphatic carbocycles. The lowest BCUT2D eigenvalue weighted by Crippen LogP contribution is -2.28. The van der Waals surface area contributed by atoms with Crippen molar-refractivity contribution in [2.24, 2.45) is 0 Å². The van der Waals surface area contributed by atoms with Crippen molar-refractivity contribution in [3.63, 3.8) is 0 Å². The van der Waals surface area contributed by atoms with E-state index < -0.39 is 0 Å². The van der Waals surface area contributed by atoms with Crippen LogP contribution in [0.2, 0.25) is 0 Å². The van der Waals surface area contributed by atoms with Crippen LogP contribution in [-0.4, -0.2) is 28.7 Å². The summed E-state index contributed by atoms with van der Waals surface area (Å²) in [6.45, 7) is 3.12. The summed E-state index contributed by atoms with van der Waals surface area (Å²) in [6.07, 6.45) is 5.34. The van der Waals surface area contributed by atoms with E-state index in [2.05, 4.69) is 30.8 Å². The van der Waals surface area contributed by atoms with E-state index in [1.54, 1.807) is 25.4 Å². The lowest BCUT2D eigenvalue weighted by Gasteiger charge is -2.18. The third-order valence-electron chi connectivity index (χ3n) is 4.38. The fourth-order valence-electron chi connectivity index (χ4n) is 3.07. The van der Waals surface area contributed by atoms with Crippen molar-refractivity contribution in [2.45, 2.75) is 13.5 Å². The van der Waals surface area contributed by atoms with Gasteiger partial charge in [-0.25, -0.2) is 19.3 Å². The maximum atomic E-state index is 13.5. The minimum Gasteiger partial charge on any atom is -0.343 e. The Hall–Kier alpha value is -3.02. The molecule has 2 aromatic heterocycles. The fraction of sp³-hybridized carbons (Fsp3) is 0.211. The molecule has 1 aliphatic rings. The minimum atomic E-state index is -0.194. The number of nitrogens with zero attached hydrogens (tertiary/aromatic N) is 5. The lowest BCUT2D eigenvalue weighted by molar-refractivity contribution is 0.619. The molecule has 3 aromatic rings. The molecule has 1 aromatic carbocycles. The van der Waals surface area contributed by atoms with E-state index in [4.69, 9.17) is 0 Å². The molecular formula is C19H18FN5. The number of aromatic nitrogens is 3. The highest BCUT2D eigenvalue weighted by Gasteiger charge is 2.25. The van der Waals surface area contributed by atoms with Gasteiger partial charge in [0.1, 0.15) is 11.6 Å². The van der Waals surface area contributed by atoms with E-state index in [1.165, 1.54) is 6.07 Å². The van der Waals surface area contributed by atoms with Crippen LogP contribution in [0.15, 0.2) is 48.9 Å². The van der Waals surface area contributed by atoms with Crippen molar-refractivity contribution in [3.05, 3.63) is 66.1 Å². The molecule has 0 spiro atoms. The van der Waals surface area contributed by atoms with Gasteiger partial charge in [-0.2, -0.15) is 0 Å². The second-order valence-corrected chi connectivity index (χ2v) is 6.23. The molecule has 1 aliphatic heterocycles. The predicted molar refractivity (Wildman–Crippen MR) is 95.9 cm³/mol. The fourth-order valence-corrected chi connectivity index (χ4v) is 3.07. The first kappa shape index (κ1) is 15.5. The molecule has 126 valence electrons. The maximum absolute atomic E-state index is 13.5. The van der Waals surface area contributed by atoms with Crippen LogP contribution in [0, 0.1) is 12.7 Å². The third kappa shape index (κ3) is 2.91. The smallest absolute Gasteiger partial charge is 0.153 e. The molecule has 5 nitrogen and oxygen atoms in total. The summed E-state index contributed by atoms with van der Waals surface area (Å²) in [5, 5.41) is 0. The lowest BCUT2D eigenvalue weighted by atomic mass is 10.0.